The normalized spacial score (nSPS) is 9.31. The summed E-state index contributed by atoms with van der Waals surface area (Å²) in [5.74, 6) is -0.0540. The van der Waals surface area contributed by atoms with E-state index >= 15 is 0 Å². The van der Waals surface area contributed by atoms with Gasteiger partial charge in [-0.05, 0) is 12.1 Å². The average molecular weight is 181 g/mol. The summed E-state index contributed by atoms with van der Waals surface area (Å²) < 4.78 is 4.49. The number of rotatable bonds is 3. The maximum Gasteiger partial charge on any atom is 0.569 e. The summed E-state index contributed by atoms with van der Waals surface area (Å²) in [5, 5.41) is 18.7. The average Bonchev–Trinajstić information content (AvgIpc) is 2.08. The number of anilines is 1. The Morgan fingerprint density at radius 1 is 1.62 bits per heavy atom. The Morgan fingerprint density at radius 3 is 2.85 bits per heavy atom. The Labute approximate surface area is 74.4 Å². The van der Waals surface area contributed by atoms with Crippen molar-refractivity contribution in [3.63, 3.8) is 0 Å². The van der Waals surface area contributed by atoms with Gasteiger partial charge in [-0.25, -0.2) is 0 Å². The quantitative estimate of drug-likeness (QED) is 0.297. The zero-order valence-corrected chi connectivity index (χ0v) is 6.51. The summed E-state index contributed by atoms with van der Waals surface area (Å²) in [5.41, 5.74) is 5.30. The van der Waals surface area contributed by atoms with Gasteiger partial charge >= 0.3 is 13.4 Å². The van der Waals surface area contributed by atoms with Gasteiger partial charge in [0.05, 0.1) is 4.92 Å². The molecule has 0 aliphatic rings. The standard InChI is InChI=1S/C6H6BN2O4/c8-4-1-2-6(13-7-10)5(3-4)9(11)12/h1-3,10H,8H2. The van der Waals surface area contributed by atoms with Crippen molar-refractivity contribution < 1.29 is 14.6 Å². The minimum absolute atomic E-state index is 0.0540. The molecule has 0 amide bonds. The molecule has 67 valence electrons. The third-order valence-electron chi connectivity index (χ3n) is 1.36. The first-order chi connectivity index (χ1) is 6.15. The number of nitrogens with zero attached hydrogens (tertiary/aromatic N) is 1. The fourth-order valence-corrected chi connectivity index (χ4v) is 0.834. The zero-order chi connectivity index (χ0) is 9.84. The van der Waals surface area contributed by atoms with Crippen LogP contribution in [-0.2, 0) is 0 Å². The molecule has 0 aliphatic heterocycles. The van der Waals surface area contributed by atoms with Crippen LogP contribution in [0.5, 0.6) is 5.75 Å². The first-order valence-corrected chi connectivity index (χ1v) is 3.31. The van der Waals surface area contributed by atoms with Crippen molar-refractivity contribution in [2.75, 3.05) is 5.73 Å². The van der Waals surface area contributed by atoms with Crippen LogP contribution in [0.4, 0.5) is 11.4 Å². The molecule has 0 unspecified atom stereocenters. The highest BCUT2D eigenvalue weighted by Gasteiger charge is 2.14. The van der Waals surface area contributed by atoms with E-state index in [4.69, 9.17) is 10.8 Å². The van der Waals surface area contributed by atoms with Gasteiger partial charge in [0.2, 0.25) is 0 Å². The summed E-state index contributed by atoms with van der Waals surface area (Å²) in [6.07, 6.45) is 0. The molecule has 0 saturated heterocycles. The van der Waals surface area contributed by atoms with Crippen molar-refractivity contribution in [1.82, 2.24) is 0 Å². The SMILES string of the molecule is Nc1ccc(O[B]O)c([N+](=O)[O-])c1. The molecule has 1 rings (SSSR count). The third-order valence-corrected chi connectivity index (χ3v) is 1.36. The molecule has 0 atom stereocenters. The fraction of sp³-hybridized carbons (Fsp3) is 0. The second-order valence-corrected chi connectivity index (χ2v) is 2.21. The maximum absolute atomic E-state index is 10.4. The highest BCUT2D eigenvalue weighted by atomic mass is 16.6. The minimum Gasteiger partial charge on any atom is -0.533 e. The van der Waals surface area contributed by atoms with E-state index < -0.39 is 4.92 Å². The Kier molecular flexibility index (Phi) is 2.71. The van der Waals surface area contributed by atoms with Crippen LogP contribution in [-0.4, -0.2) is 17.6 Å². The molecule has 0 spiro atoms. The van der Waals surface area contributed by atoms with Gasteiger partial charge in [-0.2, -0.15) is 0 Å². The largest absolute Gasteiger partial charge is 0.569 e. The highest BCUT2D eigenvalue weighted by Crippen LogP contribution is 2.28. The third kappa shape index (κ3) is 2.09. The molecular formula is C6H6BN2O4. The maximum atomic E-state index is 10.4. The van der Waals surface area contributed by atoms with Crippen molar-refractivity contribution in [1.29, 1.82) is 0 Å². The van der Waals surface area contributed by atoms with Crippen LogP contribution in [0.1, 0.15) is 0 Å². The predicted octanol–water partition coefficient (Wildman–Crippen LogP) is 0.0823. The van der Waals surface area contributed by atoms with Gasteiger partial charge in [0, 0.05) is 11.8 Å². The van der Waals surface area contributed by atoms with Gasteiger partial charge in [0.1, 0.15) is 0 Å². The molecular weight excluding hydrogens is 175 g/mol. The van der Waals surface area contributed by atoms with Gasteiger partial charge in [0.15, 0.2) is 5.75 Å². The second-order valence-electron chi connectivity index (χ2n) is 2.21. The van der Waals surface area contributed by atoms with E-state index in [9.17, 15) is 10.1 Å². The molecule has 6 nitrogen and oxygen atoms in total. The van der Waals surface area contributed by atoms with Gasteiger partial charge in [-0.3, -0.25) is 10.1 Å². The number of benzene rings is 1. The van der Waals surface area contributed by atoms with Crippen LogP contribution in [0.3, 0.4) is 0 Å². The number of nitrogens with two attached hydrogens (primary N) is 1. The Hall–Kier alpha value is -1.76. The monoisotopic (exact) mass is 181 g/mol. The number of nitro groups is 1. The first kappa shape index (κ1) is 9.33. The lowest BCUT2D eigenvalue weighted by atomic mass is 10.2. The summed E-state index contributed by atoms with van der Waals surface area (Å²) in [6, 6.07) is 3.89. The molecule has 0 heterocycles. The number of nitrogen functional groups attached to an aromatic ring is 1. The molecule has 0 aromatic heterocycles. The summed E-state index contributed by atoms with van der Waals surface area (Å²) in [6.45, 7) is 0. The molecule has 13 heavy (non-hydrogen) atoms. The van der Waals surface area contributed by atoms with Crippen LogP contribution in [0.25, 0.3) is 0 Å². The lowest BCUT2D eigenvalue weighted by Gasteiger charge is -2.02. The van der Waals surface area contributed by atoms with E-state index in [0.717, 1.165) is 6.07 Å². The van der Waals surface area contributed by atoms with E-state index in [1.165, 1.54) is 12.1 Å². The molecule has 7 heteroatoms. The van der Waals surface area contributed by atoms with Crippen molar-refractivity contribution >= 4 is 19.1 Å². The predicted molar refractivity (Wildman–Crippen MR) is 46.1 cm³/mol. The first-order valence-electron chi connectivity index (χ1n) is 3.31. The fourth-order valence-electron chi connectivity index (χ4n) is 0.834. The van der Waals surface area contributed by atoms with Gasteiger partial charge in [-0.15, -0.1) is 0 Å². The second kappa shape index (κ2) is 3.77. The molecule has 1 aromatic rings. The van der Waals surface area contributed by atoms with E-state index in [2.05, 4.69) is 4.65 Å². The van der Waals surface area contributed by atoms with Crippen molar-refractivity contribution in [3.05, 3.63) is 28.3 Å². The number of hydrogen-bond donors (Lipinski definition) is 2. The Balaban J connectivity index is 3.10. The smallest absolute Gasteiger partial charge is 0.533 e. The Morgan fingerprint density at radius 2 is 2.31 bits per heavy atom. The molecule has 0 aliphatic carbocycles. The van der Waals surface area contributed by atoms with Gasteiger partial charge < -0.3 is 15.4 Å². The van der Waals surface area contributed by atoms with Gasteiger partial charge in [0.25, 0.3) is 0 Å². The lowest BCUT2D eigenvalue weighted by Crippen LogP contribution is -2.03. The summed E-state index contributed by atoms with van der Waals surface area (Å²) in [4.78, 5) is 9.78. The molecule has 0 saturated carbocycles. The van der Waals surface area contributed by atoms with Crippen LogP contribution < -0.4 is 10.4 Å². The zero-order valence-electron chi connectivity index (χ0n) is 6.51. The number of hydrogen-bond acceptors (Lipinski definition) is 5. The van der Waals surface area contributed by atoms with Crippen LogP contribution >= 0.6 is 0 Å². The summed E-state index contributed by atoms with van der Waals surface area (Å²) in [7, 11) is 0.374. The topological polar surface area (TPSA) is 98.6 Å². The van der Waals surface area contributed by atoms with E-state index in [0.29, 0.717) is 7.69 Å². The molecule has 0 fully saturated rings. The molecule has 1 radical (unpaired) electrons. The lowest BCUT2D eigenvalue weighted by molar-refractivity contribution is -0.385. The van der Waals surface area contributed by atoms with Gasteiger partial charge in [-0.1, -0.05) is 0 Å². The van der Waals surface area contributed by atoms with Crippen LogP contribution in [0.15, 0.2) is 18.2 Å². The van der Waals surface area contributed by atoms with Crippen molar-refractivity contribution in [3.8, 4) is 5.75 Å². The van der Waals surface area contributed by atoms with Crippen molar-refractivity contribution in [2.24, 2.45) is 0 Å². The molecule has 3 N–H and O–H groups in total. The molecule has 0 bridgehead atoms. The minimum atomic E-state index is -0.644. The highest BCUT2D eigenvalue weighted by molar-refractivity contribution is 6.17. The molecule has 1 aromatic carbocycles. The van der Waals surface area contributed by atoms with Crippen LogP contribution in [0, 0.1) is 10.1 Å². The van der Waals surface area contributed by atoms with E-state index in [1.807, 2.05) is 0 Å². The Bertz CT molecular complexity index is 330. The van der Waals surface area contributed by atoms with E-state index in [-0.39, 0.29) is 17.1 Å². The number of nitro benzene ring substituents is 1. The van der Waals surface area contributed by atoms with E-state index in [1.54, 1.807) is 0 Å². The summed E-state index contributed by atoms with van der Waals surface area (Å²) >= 11 is 0. The van der Waals surface area contributed by atoms with Crippen LogP contribution in [0.2, 0.25) is 0 Å². The van der Waals surface area contributed by atoms with Crippen molar-refractivity contribution in [2.45, 2.75) is 0 Å².